The minimum atomic E-state index is -5.08. The zero-order chi connectivity index (χ0) is 25.6. The van der Waals surface area contributed by atoms with Crippen LogP contribution in [-0.2, 0) is 11.3 Å². The van der Waals surface area contributed by atoms with Crippen LogP contribution in [0.1, 0.15) is 16.2 Å². The number of aromatic nitrogens is 4. The van der Waals surface area contributed by atoms with Crippen LogP contribution in [0.25, 0.3) is 0 Å². The Morgan fingerprint density at radius 1 is 1.20 bits per heavy atom. The fourth-order valence-electron chi connectivity index (χ4n) is 2.96. The van der Waals surface area contributed by atoms with Crippen molar-refractivity contribution >= 4 is 39.3 Å². The summed E-state index contributed by atoms with van der Waals surface area (Å²) < 4.78 is 39.5. The number of nitrogens with one attached hydrogen (secondary N) is 1. The molecule has 15 heteroatoms. The Labute approximate surface area is 205 Å². The lowest BCUT2D eigenvalue weighted by Gasteiger charge is -2.33. The Morgan fingerprint density at radius 2 is 1.89 bits per heavy atom. The van der Waals surface area contributed by atoms with E-state index in [4.69, 9.17) is 14.4 Å². The van der Waals surface area contributed by atoms with Crippen LogP contribution >= 0.6 is 15.9 Å². The Bertz CT molecular complexity index is 1140. The van der Waals surface area contributed by atoms with E-state index in [0.717, 1.165) is 36.5 Å². The van der Waals surface area contributed by atoms with Crippen LogP contribution in [0.2, 0.25) is 0 Å². The third-order valence-electron chi connectivity index (χ3n) is 4.79. The van der Waals surface area contributed by atoms with Crippen molar-refractivity contribution in [1.29, 1.82) is 0 Å². The number of halogens is 4. The lowest BCUT2D eigenvalue weighted by Crippen LogP contribution is -2.44. The summed E-state index contributed by atoms with van der Waals surface area (Å²) in [5.74, 6) is -1.64. The van der Waals surface area contributed by atoms with Crippen molar-refractivity contribution in [3.63, 3.8) is 0 Å². The summed E-state index contributed by atoms with van der Waals surface area (Å²) in [5.41, 5.74) is 0.827. The van der Waals surface area contributed by atoms with Crippen LogP contribution in [0.3, 0.4) is 0 Å². The van der Waals surface area contributed by atoms with Gasteiger partial charge in [-0.2, -0.15) is 18.3 Å². The number of aliphatic carboxylic acids is 1. The summed E-state index contributed by atoms with van der Waals surface area (Å²) in [5, 5.41) is 17.9. The van der Waals surface area contributed by atoms with Crippen molar-refractivity contribution < 1.29 is 32.4 Å². The van der Waals surface area contributed by atoms with E-state index in [1.807, 2.05) is 18.3 Å². The molecule has 3 aromatic heterocycles. The van der Waals surface area contributed by atoms with Crippen molar-refractivity contribution in [2.24, 2.45) is 0 Å². The van der Waals surface area contributed by atoms with Crippen LogP contribution in [0.15, 0.2) is 45.8 Å². The molecule has 4 heterocycles. The van der Waals surface area contributed by atoms with E-state index in [9.17, 15) is 18.0 Å². The number of rotatable bonds is 5. The normalized spacial score (nSPS) is 14.3. The number of carboxylic acid groups (broad SMARTS) is 1. The molecule has 11 nitrogen and oxygen atoms in total. The number of anilines is 2. The first-order valence-corrected chi connectivity index (χ1v) is 10.9. The minimum Gasteiger partial charge on any atom is -0.475 e. The van der Waals surface area contributed by atoms with Gasteiger partial charge in [0, 0.05) is 38.4 Å². The monoisotopic (exact) mass is 559 g/mol. The summed E-state index contributed by atoms with van der Waals surface area (Å²) in [7, 11) is 2.12. The van der Waals surface area contributed by atoms with Gasteiger partial charge in [0.05, 0.1) is 22.6 Å². The molecular weight excluding hydrogens is 539 g/mol. The van der Waals surface area contributed by atoms with Crippen LogP contribution in [-0.4, -0.2) is 81.2 Å². The maximum atomic E-state index is 12.4. The topological polar surface area (TPSA) is 130 Å². The molecule has 188 valence electrons. The fourth-order valence-corrected chi connectivity index (χ4v) is 3.28. The van der Waals surface area contributed by atoms with E-state index >= 15 is 0 Å². The lowest BCUT2D eigenvalue weighted by atomic mass is 10.3. The third-order valence-corrected chi connectivity index (χ3v) is 5.20. The maximum absolute atomic E-state index is 12.4. The molecule has 0 saturated carbocycles. The van der Waals surface area contributed by atoms with Crippen LogP contribution in [0, 0.1) is 0 Å². The molecule has 0 aromatic carbocycles. The van der Waals surface area contributed by atoms with E-state index < -0.39 is 12.1 Å². The number of amides is 1. The second-order valence-corrected chi connectivity index (χ2v) is 8.40. The highest BCUT2D eigenvalue weighted by Crippen LogP contribution is 2.17. The molecular formula is C20H21BrF3N7O4. The number of likely N-dealkylation sites (N-methyl/N-ethyl adjacent to an activating group) is 1. The molecule has 3 aromatic rings. The molecule has 0 unspecified atom stereocenters. The fraction of sp³-hybridized carbons (Fsp3) is 0.350. The zero-order valence-corrected chi connectivity index (χ0v) is 20.0. The molecule has 1 aliphatic heterocycles. The number of piperazine rings is 1. The number of hydrogen-bond acceptors (Lipinski definition) is 8. The van der Waals surface area contributed by atoms with Gasteiger partial charge in [0.1, 0.15) is 12.4 Å². The van der Waals surface area contributed by atoms with E-state index in [1.54, 1.807) is 23.1 Å². The molecule has 1 saturated heterocycles. The van der Waals surface area contributed by atoms with E-state index in [2.05, 4.69) is 53.3 Å². The van der Waals surface area contributed by atoms with E-state index in [1.165, 1.54) is 0 Å². The average molecular weight is 560 g/mol. The largest absolute Gasteiger partial charge is 0.490 e. The van der Waals surface area contributed by atoms with E-state index in [-0.39, 0.29) is 11.6 Å². The van der Waals surface area contributed by atoms with Crippen LogP contribution in [0.4, 0.5) is 24.7 Å². The molecule has 0 spiro atoms. The predicted molar refractivity (Wildman–Crippen MR) is 121 cm³/mol. The summed E-state index contributed by atoms with van der Waals surface area (Å²) in [4.78, 5) is 30.3. The summed E-state index contributed by atoms with van der Waals surface area (Å²) in [6, 6.07) is 5.38. The van der Waals surface area contributed by atoms with Gasteiger partial charge < -0.3 is 24.7 Å². The molecule has 0 bridgehead atoms. The van der Waals surface area contributed by atoms with Crippen molar-refractivity contribution in [3.05, 3.63) is 52.7 Å². The van der Waals surface area contributed by atoms with Gasteiger partial charge in [-0.15, -0.1) is 0 Å². The zero-order valence-electron chi connectivity index (χ0n) is 18.4. The molecule has 35 heavy (non-hydrogen) atoms. The molecule has 0 atom stereocenters. The van der Waals surface area contributed by atoms with Gasteiger partial charge in [-0.05, 0) is 35.1 Å². The number of carbonyl (C=O) groups excluding carboxylic acids is 1. The minimum absolute atomic E-state index is 0.212. The Morgan fingerprint density at radius 3 is 2.43 bits per heavy atom. The van der Waals surface area contributed by atoms with Gasteiger partial charge in [-0.25, -0.2) is 9.78 Å². The summed E-state index contributed by atoms with van der Waals surface area (Å²) in [6.07, 6.45) is 0.0759. The highest BCUT2D eigenvalue weighted by Gasteiger charge is 2.38. The first-order chi connectivity index (χ1) is 16.5. The summed E-state index contributed by atoms with van der Waals surface area (Å²) >= 11 is 3.34. The van der Waals surface area contributed by atoms with Crippen LogP contribution in [0.5, 0.6) is 0 Å². The quantitative estimate of drug-likeness (QED) is 0.484. The lowest BCUT2D eigenvalue weighted by molar-refractivity contribution is -0.192. The molecule has 1 amide bonds. The van der Waals surface area contributed by atoms with Crippen molar-refractivity contribution in [2.45, 2.75) is 12.7 Å². The third kappa shape index (κ3) is 7.78. The molecule has 4 rings (SSSR count). The van der Waals surface area contributed by atoms with E-state index in [0.29, 0.717) is 18.0 Å². The molecule has 1 fully saturated rings. The average Bonchev–Trinajstić information content (AvgIpc) is 3.44. The van der Waals surface area contributed by atoms with Gasteiger partial charge in [0.2, 0.25) is 0 Å². The van der Waals surface area contributed by atoms with Crippen molar-refractivity contribution in [2.75, 3.05) is 43.4 Å². The number of carboxylic acids is 1. The second kappa shape index (κ2) is 11.3. The highest BCUT2D eigenvalue weighted by atomic mass is 79.9. The SMILES string of the molecule is CN1CCN(c2ccc(NC(=O)c3cc(Cn4cc(Br)cn4)on3)cn2)CC1.O=C(O)C(F)(F)F. The molecule has 1 aliphatic rings. The Balaban J connectivity index is 0.000000429. The van der Waals surface area contributed by atoms with Gasteiger partial charge in [-0.3, -0.25) is 9.48 Å². The number of hydrogen-bond donors (Lipinski definition) is 2. The molecule has 0 radical (unpaired) electrons. The Hall–Kier alpha value is -3.46. The number of alkyl halides is 3. The first-order valence-electron chi connectivity index (χ1n) is 10.2. The number of nitrogens with zero attached hydrogens (tertiary/aromatic N) is 6. The smallest absolute Gasteiger partial charge is 0.475 e. The van der Waals surface area contributed by atoms with Gasteiger partial charge in [-0.1, -0.05) is 5.16 Å². The predicted octanol–water partition coefficient (Wildman–Crippen LogP) is 2.71. The van der Waals surface area contributed by atoms with Gasteiger partial charge >= 0.3 is 12.1 Å². The molecule has 2 N–H and O–H groups in total. The number of pyridine rings is 1. The van der Waals surface area contributed by atoms with Gasteiger partial charge in [0.25, 0.3) is 5.91 Å². The number of carbonyl (C=O) groups is 2. The highest BCUT2D eigenvalue weighted by molar-refractivity contribution is 9.10. The Kier molecular flexibility index (Phi) is 8.45. The van der Waals surface area contributed by atoms with Crippen LogP contribution < -0.4 is 10.2 Å². The first kappa shape index (κ1) is 26.2. The molecule has 0 aliphatic carbocycles. The van der Waals surface area contributed by atoms with Crippen molar-refractivity contribution in [3.8, 4) is 0 Å². The maximum Gasteiger partial charge on any atom is 0.490 e. The second-order valence-electron chi connectivity index (χ2n) is 7.49. The summed E-state index contributed by atoms with van der Waals surface area (Å²) in [6.45, 7) is 4.33. The standard InChI is InChI=1S/C18H20BrN7O2.C2HF3O2/c1-24-4-6-25(7-5-24)17-3-2-14(10-20-17)22-18(27)16-8-15(28-23-16)12-26-11-13(19)9-21-26;3-2(4,5)1(6)7/h2-3,8-11H,4-7,12H2,1H3,(H,22,27);(H,6,7). The van der Waals surface area contributed by atoms with Crippen molar-refractivity contribution in [1.82, 2.24) is 24.8 Å². The van der Waals surface area contributed by atoms with Gasteiger partial charge in [0.15, 0.2) is 11.5 Å².